The number of carbonyl (C=O) groups excluding carboxylic acids is 2. The normalized spacial score (nSPS) is 46.8. The number of ketones is 2. The molecule has 0 aromatic carbocycles. The minimum absolute atomic E-state index is 0.0549. The van der Waals surface area contributed by atoms with E-state index in [-0.39, 0.29) is 11.3 Å². The van der Waals surface area contributed by atoms with Crippen LogP contribution in [0.1, 0.15) is 33.1 Å². The molecule has 0 aromatic rings. The number of carbonyl (C=O) groups is 2. The SMILES string of the molecule is C[C@@H]1C[C@@]2(C)CC(=O)[C@@H]1CC2=O. The van der Waals surface area contributed by atoms with Crippen molar-refractivity contribution in [2.45, 2.75) is 33.1 Å². The first-order valence-corrected chi connectivity index (χ1v) is 4.59. The molecule has 0 amide bonds. The second-order valence-electron chi connectivity index (χ2n) is 4.62. The van der Waals surface area contributed by atoms with E-state index in [1.54, 1.807) is 0 Å². The Morgan fingerprint density at radius 2 is 2.08 bits per heavy atom. The van der Waals surface area contributed by atoms with Crippen molar-refractivity contribution in [2.24, 2.45) is 17.3 Å². The summed E-state index contributed by atoms with van der Waals surface area (Å²) in [6.07, 6.45) is 1.93. The van der Waals surface area contributed by atoms with Crippen LogP contribution in [0.2, 0.25) is 0 Å². The van der Waals surface area contributed by atoms with Crippen LogP contribution in [0.5, 0.6) is 0 Å². The summed E-state index contributed by atoms with van der Waals surface area (Å²) < 4.78 is 0. The predicted octanol–water partition coefficient (Wildman–Crippen LogP) is 1.58. The molecule has 3 saturated carbocycles. The monoisotopic (exact) mass is 166 g/mol. The van der Waals surface area contributed by atoms with Gasteiger partial charge in [-0.2, -0.15) is 0 Å². The fourth-order valence-corrected chi connectivity index (χ4v) is 2.73. The number of Topliss-reactive ketones (excluding diaryl/α,β-unsaturated/α-hetero) is 2. The molecule has 0 N–H and O–H groups in total. The lowest BCUT2D eigenvalue weighted by atomic mass is 9.56. The van der Waals surface area contributed by atoms with Crippen molar-refractivity contribution >= 4 is 11.6 Å². The zero-order valence-corrected chi connectivity index (χ0v) is 7.59. The van der Waals surface area contributed by atoms with Gasteiger partial charge < -0.3 is 0 Å². The number of hydrogen-bond donors (Lipinski definition) is 0. The lowest BCUT2D eigenvalue weighted by Crippen LogP contribution is -2.49. The molecule has 3 rings (SSSR count). The van der Waals surface area contributed by atoms with E-state index in [2.05, 4.69) is 6.92 Å². The highest BCUT2D eigenvalue weighted by molar-refractivity contribution is 6.00. The van der Waals surface area contributed by atoms with Crippen molar-refractivity contribution in [1.82, 2.24) is 0 Å². The van der Waals surface area contributed by atoms with E-state index >= 15 is 0 Å². The van der Waals surface area contributed by atoms with Crippen LogP contribution in [-0.2, 0) is 9.59 Å². The molecule has 3 atom stereocenters. The minimum atomic E-state index is -0.300. The molecule has 66 valence electrons. The molecule has 3 fully saturated rings. The fourth-order valence-electron chi connectivity index (χ4n) is 2.73. The minimum Gasteiger partial charge on any atom is -0.299 e. The van der Waals surface area contributed by atoms with Crippen LogP contribution in [0.3, 0.4) is 0 Å². The van der Waals surface area contributed by atoms with E-state index in [1.165, 1.54) is 0 Å². The third-order valence-corrected chi connectivity index (χ3v) is 3.52. The maximum absolute atomic E-state index is 11.5. The zero-order valence-electron chi connectivity index (χ0n) is 7.59. The summed E-state index contributed by atoms with van der Waals surface area (Å²) in [7, 11) is 0. The Morgan fingerprint density at radius 1 is 1.42 bits per heavy atom. The smallest absolute Gasteiger partial charge is 0.139 e. The molecule has 0 spiro atoms. The predicted molar refractivity (Wildman–Crippen MR) is 44.6 cm³/mol. The van der Waals surface area contributed by atoms with Crippen molar-refractivity contribution < 1.29 is 9.59 Å². The summed E-state index contributed by atoms with van der Waals surface area (Å²) in [6, 6.07) is 0. The third kappa shape index (κ3) is 0.869. The quantitative estimate of drug-likeness (QED) is 0.547. The Kier molecular flexibility index (Phi) is 1.45. The maximum atomic E-state index is 11.5. The molecule has 2 heteroatoms. The average Bonchev–Trinajstić information content (AvgIpc) is 1.93. The van der Waals surface area contributed by atoms with Crippen molar-refractivity contribution in [3.63, 3.8) is 0 Å². The van der Waals surface area contributed by atoms with Crippen LogP contribution < -0.4 is 0 Å². The van der Waals surface area contributed by atoms with E-state index in [1.807, 2.05) is 6.92 Å². The molecule has 0 aromatic heterocycles. The van der Waals surface area contributed by atoms with Crippen molar-refractivity contribution in [1.29, 1.82) is 0 Å². The molecule has 0 aliphatic heterocycles. The van der Waals surface area contributed by atoms with Crippen LogP contribution in [0.15, 0.2) is 0 Å². The van der Waals surface area contributed by atoms with Crippen LogP contribution in [0.4, 0.5) is 0 Å². The van der Waals surface area contributed by atoms with Gasteiger partial charge in [0.05, 0.1) is 0 Å². The van der Waals surface area contributed by atoms with Gasteiger partial charge in [-0.05, 0) is 12.3 Å². The number of fused-ring (bicyclic) bond motifs is 3. The highest BCUT2D eigenvalue weighted by Crippen LogP contribution is 2.48. The molecule has 2 bridgehead atoms. The van der Waals surface area contributed by atoms with Gasteiger partial charge in [-0.25, -0.2) is 0 Å². The Labute approximate surface area is 72.3 Å². The Balaban J connectivity index is 2.36. The first-order valence-electron chi connectivity index (χ1n) is 4.59. The highest BCUT2D eigenvalue weighted by Gasteiger charge is 2.51. The Bertz CT molecular complexity index is 257. The van der Waals surface area contributed by atoms with Crippen molar-refractivity contribution in [3.8, 4) is 0 Å². The molecular weight excluding hydrogens is 152 g/mol. The largest absolute Gasteiger partial charge is 0.299 e. The van der Waals surface area contributed by atoms with Gasteiger partial charge >= 0.3 is 0 Å². The third-order valence-electron chi connectivity index (χ3n) is 3.52. The molecule has 0 heterocycles. The van der Waals surface area contributed by atoms with Crippen LogP contribution >= 0.6 is 0 Å². The van der Waals surface area contributed by atoms with Gasteiger partial charge in [0.1, 0.15) is 11.6 Å². The Hall–Kier alpha value is -0.660. The van der Waals surface area contributed by atoms with Crippen molar-refractivity contribution in [3.05, 3.63) is 0 Å². The maximum Gasteiger partial charge on any atom is 0.139 e. The van der Waals surface area contributed by atoms with Gasteiger partial charge in [0.15, 0.2) is 0 Å². The van der Waals surface area contributed by atoms with E-state index in [0.717, 1.165) is 6.42 Å². The van der Waals surface area contributed by atoms with E-state index < -0.39 is 0 Å². The van der Waals surface area contributed by atoms with E-state index in [4.69, 9.17) is 0 Å². The van der Waals surface area contributed by atoms with Gasteiger partial charge in [0, 0.05) is 24.2 Å². The fraction of sp³-hybridized carbons (Fsp3) is 0.800. The summed E-state index contributed by atoms with van der Waals surface area (Å²) in [4.78, 5) is 23.0. The first kappa shape index (κ1) is 7.96. The van der Waals surface area contributed by atoms with Gasteiger partial charge in [-0.3, -0.25) is 9.59 Å². The standard InChI is InChI=1S/C10H14O2/c1-6-4-10(2)5-8(11)7(6)3-9(10)12/h6-7H,3-5H2,1-2H3/t6-,7-,10+/m1/s1. The van der Waals surface area contributed by atoms with Crippen molar-refractivity contribution in [2.75, 3.05) is 0 Å². The lowest BCUT2D eigenvalue weighted by molar-refractivity contribution is -0.151. The topological polar surface area (TPSA) is 34.1 Å². The summed E-state index contributed by atoms with van der Waals surface area (Å²) in [6.45, 7) is 4.03. The van der Waals surface area contributed by atoms with Gasteiger partial charge in [0.25, 0.3) is 0 Å². The highest BCUT2D eigenvalue weighted by atomic mass is 16.1. The molecule has 0 radical (unpaired) electrons. The van der Waals surface area contributed by atoms with Crippen LogP contribution in [0, 0.1) is 17.3 Å². The Morgan fingerprint density at radius 3 is 2.58 bits per heavy atom. The summed E-state index contributed by atoms with van der Waals surface area (Å²) >= 11 is 0. The van der Waals surface area contributed by atoms with E-state index in [9.17, 15) is 9.59 Å². The first-order chi connectivity index (χ1) is 5.53. The van der Waals surface area contributed by atoms with Crippen LogP contribution in [0.25, 0.3) is 0 Å². The summed E-state index contributed by atoms with van der Waals surface area (Å²) in [5, 5.41) is 0. The lowest BCUT2D eigenvalue weighted by Gasteiger charge is -2.45. The molecule has 2 nitrogen and oxygen atoms in total. The molecule has 0 unspecified atom stereocenters. The molecular formula is C10H14O2. The van der Waals surface area contributed by atoms with E-state index in [0.29, 0.717) is 30.3 Å². The second kappa shape index (κ2) is 2.18. The van der Waals surface area contributed by atoms with Gasteiger partial charge in [-0.1, -0.05) is 13.8 Å². The molecule has 3 aliphatic carbocycles. The molecule has 12 heavy (non-hydrogen) atoms. The summed E-state index contributed by atoms with van der Waals surface area (Å²) in [5.41, 5.74) is -0.300. The zero-order chi connectivity index (χ0) is 8.93. The van der Waals surface area contributed by atoms with Crippen LogP contribution in [-0.4, -0.2) is 11.6 Å². The molecule has 3 aliphatic rings. The average molecular weight is 166 g/mol. The second-order valence-corrected chi connectivity index (χ2v) is 4.62. The van der Waals surface area contributed by atoms with Gasteiger partial charge in [-0.15, -0.1) is 0 Å². The number of hydrogen-bond acceptors (Lipinski definition) is 2. The molecule has 0 saturated heterocycles. The van der Waals surface area contributed by atoms with Gasteiger partial charge in [0.2, 0.25) is 0 Å². The summed E-state index contributed by atoms with van der Waals surface area (Å²) in [5.74, 6) is 1.11. The number of rotatable bonds is 0.